The minimum Gasteiger partial charge on any atom is -0.381 e. The first-order chi connectivity index (χ1) is 13.3. The zero-order chi connectivity index (χ0) is 18.5. The van der Waals surface area contributed by atoms with Gasteiger partial charge in [0.05, 0.1) is 12.0 Å². The molecule has 0 bridgehead atoms. The molecule has 1 saturated carbocycles. The number of carbonyl (C=O) groups is 1. The zero-order valence-electron chi connectivity index (χ0n) is 16.3. The number of amides is 1. The molecule has 0 radical (unpaired) electrons. The fraction of sp³-hybridized carbons (Fsp3) is 0.696. The lowest BCUT2D eigenvalue weighted by Gasteiger charge is -2.42. The van der Waals surface area contributed by atoms with E-state index in [9.17, 15) is 4.79 Å². The first-order valence-electron chi connectivity index (χ1n) is 10.8. The van der Waals surface area contributed by atoms with E-state index in [0.29, 0.717) is 11.8 Å². The van der Waals surface area contributed by atoms with Gasteiger partial charge >= 0.3 is 0 Å². The Morgan fingerprint density at radius 1 is 0.926 bits per heavy atom. The molecule has 2 heterocycles. The number of benzene rings is 1. The van der Waals surface area contributed by atoms with Gasteiger partial charge in [-0.1, -0.05) is 49.6 Å². The third kappa shape index (κ3) is 4.07. The van der Waals surface area contributed by atoms with Gasteiger partial charge in [-0.25, -0.2) is 0 Å². The fourth-order valence-electron chi connectivity index (χ4n) is 5.41. The molecule has 1 aromatic rings. The average molecular weight is 372 g/mol. The van der Waals surface area contributed by atoms with E-state index in [-0.39, 0.29) is 17.4 Å². The SMILES string of the molecule is O=C(N[C@H]1CCOC[C@H]1C1CCOCC1)C1(c2ccccc2)CCCCC1. The van der Waals surface area contributed by atoms with Crippen molar-refractivity contribution in [2.24, 2.45) is 11.8 Å². The van der Waals surface area contributed by atoms with Crippen LogP contribution in [0.25, 0.3) is 0 Å². The van der Waals surface area contributed by atoms with Crippen LogP contribution in [0.15, 0.2) is 30.3 Å². The van der Waals surface area contributed by atoms with Crippen molar-refractivity contribution in [2.45, 2.75) is 62.8 Å². The number of hydrogen-bond acceptors (Lipinski definition) is 3. The molecular weight excluding hydrogens is 338 g/mol. The van der Waals surface area contributed by atoms with E-state index in [0.717, 1.165) is 71.4 Å². The molecular formula is C23H33NO3. The number of carbonyl (C=O) groups excluding carboxylic acids is 1. The third-order valence-electron chi connectivity index (χ3n) is 7.06. The summed E-state index contributed by atoms with van der Waals surface area (Å²) < 4.78 is 11.4. The van der Waals surface area contributed by atoms with Gasteiger partial charge in [0.25, 0.3) is 0 Å². The molecule has 1 amide bonds. The molecule has 4 heteroatoms. The molecule has 3 fully saturated rings. The Morgan fingerprint density at radius 2 is 1.63 bits per heavy atom. The van der Waals surface area contributed by atoms with Crippen molar-refractivity contribution in [3.8, 4) is 0 Å². The van der Waals surface area contributed by atoms with Gasteiger partial charge in [0, 0.05) is 31.8 Å². The van der Waals surface area contributed by atoms with E-state index in [1.54, 1.807) is 0 Å². The van der Waals surface area contributed by atoms with Crippen molar-refractivity contribution in [1.82, 2.24) is 5.32 Å². The number of rotatable bonds is 4. The monoisotopic (exact) mass is 371 g/mol. The van der Waals surface area contributed by atoms with Gasteiger partial charge in [-0.3, -0.25) is 4.79 Å². The summed E-state index contributed by atoms with van der Waals surface area (Å²) in [7, 11) is 0. The molecule has 148 valence electrons. The summed E-state index contributed by atoms with van der Waals surface area (Å²) in [4.78, 5) is 13.6. The summed E-state index contributed by atoms with van der Waals surface area (Å²) in [5, 5.41) is 3.52. The predicted molar refractivity (Wildman–Crippen MR) is 106 cm³/mol. The van der Waals surface area contributed by atoms with Gasteiger partial charge in [0.2, 0.25) is 5.91 Å². The van der Waals surface area contributed by atoms with Gasteiger partial charge in [0.15, 0.2) is 0 Å². The molecule has 3 aliphatic rings. The van der Waals surface area contributed by atoms with Crippen LogP contribution in [0.4, 0.5) is 0 Å². The molecule has 4 nitrogen and oxygen atoms in total. The Bertz CT molecular complexity index is 605. The summed E-state index contributed by atoms with van der Waals surface area (Å²) in [5.41, 5.74) is 0.842. The lowest BCUT2D eigenvalue weighted by molar-refractivity contribution is -0.131. The molecule has 4 rings (SSSR count). The maximum absolute atomic E-state index is 13.6. The summed E-state index contributed by atoms with van der Waals surface area (Å²) >= 11 is 0. The van der Waals surface area contributed by atoms with Crippen LogP contribution in [0.5, 0.6) is 0 Å². The molecule has 0 spiro atoms. The van der Waals surface area contributed by atoms with Crippen molar-refractivity contribution in [3.05, 3.63) is 35.9 Å². The quantitative estimate of drug-likeness (QED) is 0.875. The Hall–Kier alpha value is -1.39. The van der Waals surface area contributed by atoms with Gasteiger partial charge in [-0.05, 0) is 43.6 Å². The van der Waals surface area contributed by atoms with Gasteiger partial charge < -0.3 is 14.8 Å². The second-order valence-electron chi connectivity index (χ2n) is 8.57. The van der Waals surface area contributed by atoms with Crippen molar-refractivity contribution >= 4 is 5.91 Å². The summed E-state index contributed by atoms with van der Waals surface area (Å²) in [6.45, 7) is 3.21. The normalized spacial score (nSPS) is 29.2. The highest BCUT2D eigenvalue weighted by atomic mass is 16.5. The molecule has 1 aliphatic carbocycles. The van der Waals surface area contributed by atoms with Gasteiger partial charge in [-0.2, -0.15) is 0 Å². The zero-order valence-corrected chi connectivity index (χ0v) is 16.3. The van der Waals surface area contributed by atoms with Crippen LogP contribution >= 0.6 is 0 Å². The van der Waals surface area contributed by atoms with E-state index in [4.69, 9.17) is 9.47 Å². The van der Waals surface area contributed by atoms with Crippen molar-refractivity contribution < 1.29 is 14.3 Å². The van der Waals surface area contributed by atoms with Crippen LogP contribution in [0.3, 0.4) is 0 Å². The maximum Gasteiger partial charge on any atom is 0.230 e. The average Bonchev–Trinajstić information content (AvgIpc) is 2.76. The summed E-state index contributed by atoms with van der Waals surface area (Å²) in [6, 6.07) is 10.7. The second-order valence-corrected chi connectivity index (χ2v) is 8.57. The molecule has 0 unspecified atom stereocenters. The first kappa shape index (κ1) is 18.9. The highest BCUT2D eigenvalue weighted by molar-refractivity contribution is 5.88. The molecule has 1 aromatic carbocycles. The minimum absolute atomic E-state index is 0.233. The van der Waals surface area contributed by atoms with E-state index in [2.05, 4.69) is 29.6 Å². The van der Waals surface area contributed by atoms with Crippen molar-refractivity contribution in [1.29, 1.82) is 0 Å². The van der Waals surface area contributed by atoms with E-state index < -0.39 is 0 Å². The van der Waals surface area contributed by atoms with Crippen LogP contribution in [-0.4, -0.2) is 38.4 Å². The molecule has 2 atom stereocenters. The Balaban J connectivity index is 1.52. The Labute approximate surface area is 163 Å². The molecule has 1 N–H and O–H groups in total. The van der Waals surface area contributed by atoms with Crippen LogP contribution in [0.2, 0.25) is 0 Å². The third-order valence-corrected chi connectivity index (χ3v) is 7.06. The highest BCUT2D eigenvalue weighted by Crippen LogP contribution is 2.40. The number of hydrogen-bond donors (Lipinski definition) is 1. The van der Waals surface area contributed by atoms with Crippen molar-refractivity contribution in [3.63, 3.8) is 0 Å². The Kier molecular flexibility index (Phi) is 6.14. The standard InChI is InChI=1S/C23H33NO3/c25-22(23(12-5-2-6-13-23)19-7-3-1-4-8-19)24-21-11-16-27-17-20(21)18-9-14-26-15-10-18/h1,3-4,7-8,18,20-21H,2,5-6,9-17H2,(H,24,25)/t20-,21-/m0/s1. The lowest BCUT2D eigenvalue weighted by Crippen LogP contribution is -2.54. The minimum atomic E-state index is -0.349. The van der Waals surface area contributed by atoms with Crippen LogP contribution < -0.4 is 5.32 Å². The first-order valence-corrected chi connectivity index (χ1v) is 10.8. The topological polar surface area (TPSA) is 47.6 Å². The highest BCUT2D eigenvalue weighted by Gasteiger charge is 2.43. The largest absolute Gasteiger partial charge is 0.381 e. The van der Waals surface area contributed by atoms with E-state index in [1.165, 1.54) is 12.0 Å². The van der Waals surface area contributed by atoms with E-state index >= 15 is 0 Å². The van der Waals surface area contributed by atoms with Crippen molar-refractivity contribution in [2.75, 3.05) is 26.4 Å². The maximum atomic E-state index is 13.6. The smallest absolute Gasteiger partial charge is 0.230 e. The molecule has 2 aliphatic heterocycles. The van der Waals surface area contributed by atoms with Crippen LogP contribution in [-0.2, 0) is 19.7 Å². The fourth-order valence-corrected chi connectivity index (χ4v) is 5.41. The van der Waals surface area contributed by atoms with Gasteiger partial charge in [-0.15, -0.1) is 0 Å². The van der Waals surface area contributed by atoms with Crippen LogP contribution in [0, 0.1) is 11.8 Å². The number of ether oxygens (including phenoxy) is 2. The number of nitrogens with one attached hydrogen (secondary N) is 1. The van der Waals surface area contributed by atoms with Crippen LogP contribution in [0.1, 0.15) is 56.9 Å². The summed E-state index contributed by atoms with van der Waals surface area (Å²) in [6.07, 6.45) is 8.55. The Morgan fingerprint density at radius 3 is 2.37 bits per heavy atom. The van der Waals surface area contributed by atoms with Gasteiger partial charge in [0.1, 0.15) is 0 Å². The molecule has 0 aromatic heterocycles. The predicted octanol–water partition coefficient (Wildman–Crippen LogP) is 3.84. The lowest BCUT2D eigenvalue weighted by atomic mass is 9.68. The van der Waals surface area contributed by atoms with E-state index in [1.807, 2.05) is 6.07 Å². The molecule has 2 saturated heterocycles. The molecule has 27 heavy (non-hydrogen) atoms. The second kappa shape index (κ2) is 8.74. The summed E-state index contributed by atoms with van der Waals surface area (Å²) in [5.74, 6) is 1.27.